The second-order valence-electron chi connectivity index (χ2n) is 8.27. The van der Waals surface area contributed by atoms with Crippen LogP contribution in [0.5, 0.6) is 0 Å². The fourth-order valence-corrected chi connectivity index (χ4v) is 4.34. The molecule has 1 aromatic carbocycles. The van der Waals surface area contributed by atoms with Gasteiger partial charge in [0.15, 0.2) is 5.82 Å². The molecule has 0 saturated carbocycles. The van der Waals surface area contributed by atoms with Gasteiger partial charge in [-0.15, -0.1) is 10.2 Å². The third-order valence-corrected chi connectivity index (χ3v) is 6.08. The number of amides is 1. The lowest BCUT2D eigenvalue weighted by atomic mass is 10.1. The molecule has 164 valence electrons. The number of benzene rings is 1. The van der Waals surface area contributed by atoms with E-state index in [-0.39, 0.29) is 5.91 Å². The number of hydrogen-bond donors (Lipinski definition) is 2. The maximum absolute atomic E-state index is 12.9. The molecule has 1 aliphatic rings. The fraction of sp³-hybridized carbons (Fsp3) is 0.348. The van der Waals surface area contributed by atoms with Crippen molar-refractivity contribution in [1.29, 1.82) is 0 Å². The zero-order valence-corrected chi connectivity index (χ0v) is 18.5. The SMILES string of the molecule is Cc1nn(C)c(C)c1-c1cc(C(=O)Nc2cccc(-c3nnc4n3CCCCC4)c2)[nH]n1. The number of aromatic amines is 1. The first-order valence-corrected chi connectivity index (χ1v) is 10.9. The van der Waals surface area contributed by atoms with E-state index >= 15 is 0 Å². The average molecular weight is 431 g/mol. The van der Waals surface area contributed by atoms with Crippen molar-refractivity contribution in [2.75, 3.05) is 5.32 Å². The van der Waals surface area contributed by atoms with Gasteiger partial charge in [-0.25, -0.2) is 0 Å². The van der Waals surface area contributed by atoms with Crippen molar-refractivity contribution in [3.05, 3.63) is 53.2 Å². The number of aromatic nitrogens is 7. The number of rotatable bonds is 4. The summed E-state index contributed by atoms with van der Waals surface area (Å²) in [5.74, 6) is 1.64. The van der Waals surface area contributed by atoms with Gasteiger partial charge in [-0.1, -0.05) is 18.6 Å². The Kier molecular flexibility index (Phi) is 5.08. The molecule has 0 bridgehead atoms. The van der Waals surface area contributed by atoms with Gasteiger partial charge in [0, 0.05) is 42.5 Å². The van der Waals surface area contributed by atoms with E-state index < -0.39 is 0 Å². The van der Waals surface area contributed by atoms with Crippen LogP contribution >= 0.6 is 0 Å². The molecule has 5 rings (SSSR count). The lowest BCUT2D eigenvalue weighted by Gasteiger charge is -2.09. The molecule has 0 spiro atoms. The summed E-state index contributed by atoms with van der Waals surface area (Å²) in [7, 11) is 1.90. The minimum Gasteiger partial charge on any atom is -0.321 e. The van der Waals surface area contributed by atoms with Crippen LogP contribution in [-0.2, 0) is 20.0 Å². The molecule has 4 heterocycles. The van der Waals surface area contributed by atoms with Crippen LogP contribution in [0.3, 0.4) is 0 Å². The minimum atomic E-state index is -0.250. The van der Waals surface area contributed by atoms with Crippen LogP contribution in [0.2, 0.25) is 0 Å². The van der Waals surface area contributed by atoms with Crippen molar-refractivity contribution in [3.63, 3.8) is 0 Å². The Morgan fingerprint density at radius 1 is 1.12 bits per heavy atom. The molecule has 0 unspecified atom stereocenters. The molecule has 32 heavy (non-hydrogen) atoms. The first kappa shape index (κ1) is 20.2. The molecule has 9 heteroatoms. The number of anilines is 1. The number of carbonyl (C=O) groups excluding carboxylic acids is 1. The number of nitrogens with zero attached hydrogens (tertiary/aromatic N) is 6. The number of aryl methyl sites for hydroxylation is 3. The molecule has 2 N–H and O–H groups in total. The number of fused-ring (bicyclic) bond motifs is 1. The lowest BCUT2D eigenvalue weighted by molar-refractivity contribution is 0.102. The van der Waals surface area contributed by atoms with Crippen molar-refractivity contribution in [1.82, 2.24) is 34.7 Å². The highest BCUT2D eigenvalue weighted by Gasteiger charge is 2.19. The van der Waals surface area contributed by atoms with Crippen molar-refractivity contribution in [2.24, 2.45) is 7.05 Å². The maximum atomic E-state index is 12.9. The van der Waals surface area contributed by atoms with Gasteiger partial charge in [0.2, 0.25) is 0 Å². The van der Waals surface area contributed by atoms with Crippen LogP contribution in [0.1, 0.15) is 47.0 Å². The van der Waals surface area contributed by atoms with Crippen LogP contribution in [0.25, 0.3) is 22.6 Å². The van der Waals surface area contributed by atoms with Crippen LogP contribution in [-0.4, -0.2) is 40.6 Å². The van der Waals surface area contributed by atoms with E-state index in [0.29, 0.717) is 17.1 Å². The summed E-state index contributed by atoms with van der Waals surface area (Å²) in [6, 6.07) is 9.49. The van der Waals surface area contributed by atoms with Crippen LogP contribution in [0, 0.1) is 13.8 Å². The topological polar surface area (TPSA) is 106 Å². The second-order valence-corrected chi connectivity index (χ2v) is 8.27. The predicted octanol–water partition coefficient (Wildman–Crippen LogP) is 3.66. The van der Waals surface area contributed by atoms with E-state index in [9.17, 15) is 4.79 Å². The monoisotopic (exact) mass is 430 g/mol. The van der Waals surface area contributed by atoms with Gasteiger partial charge in [0.1, 0.15) is 11.5 Å². The molecular formula is C23H26N8O. The first-order valence-electron chi connectivity index (χ1n) is 10.9. The van der Waals surface area contributed by atoms with Gasteiger partial charge in [-0.2, -0.15) is 10.2 Å². The molecule has 4 aromatic rings. The Labute approximate surface area is 185 Å². The molecule has 0 saturated heterocycles. The standard InChI is InChI=1S/C23H26N8O/c1-14-21(15(2)30(3)29-14)18-13-19(26-25-18)23(32)24-17-9-7-8-16(12-17)22-28-27-20-10-5-4-6-11-31(20)22/h7-9,12-13H,4-6,10-11H2,1-3H3,(H,24,32)(H,25,26). The number of carbonyl (C=O) groups is 1. The van der Waals surface area contributed by atoms with E-state index in [1.807, 2.05) is 49.8 Å². The van der Waals surface area contributed by atoms with E-state index in [1.165, 1.54) is 6.42 Å². The average Bonchev–Trinajstić information content (AvgIpc) is 3.42. The molecule has 3 aromatic heterocycles. The molecule has 9 nitrogen and oxygen atoms in total. The summed E-state index contributed by atoms with van der Waals surface area (Å²) in [5, 5.41) is 23.4. The summed E-state index contributed by atoms with van der Waals surface area (Å²) < 4.78 is 4.02. The highest BCUT2D eigenvalue weighted by Crippen LogP contribution is 2.27. The summed E-state index contributed by atoms with van der Waals surface area (Å²) in [5.41, 5.74) is 5.56. The van der Waals surface area contributed by atoms with Gasteiger partial charge in [-0.05, 0) is 44.9 Å². The first-order chi connectivity index (χ1) is 15.5. The lowest BCUT2D eigenvalue weighted by Crippen LogP contribution is -2.12. The molecule has 0 radical (unpaired) electrons. The maximum Gasteiger partial charge on any atom is 0.273 e. The van der Waals surface area contributed by atoms with Crippen LogP contribution in [0.15, 0.2) is 30.3 Å². The minimum absolute atomic E-state index is 0.250. The fourth-order valence-electron chi connectivity index (χ4n) is 4.34. The molecule has 1 amide bonds. The smallest absolute Gasteiger partial charge is 0.273 e. The van der Waals surface area contributed by atoms with E-state index in [0.717, 1.165) is 60.0 Å². The largest absolute Gasteiger partial charge is 0.321 e. The highest BCUT2D eigenvalue weighted by molar-refractivity contribution is 6.03. The highest BCUT2D eigenvalue weighted by atomic mass is 16.1. The summed E-state index contributed by atoms with van der Waals surface area (Å²) >= 11 is 0. The summed E-state index contributed by atoms with van der Waals surface area (Å²) in [6.07, 6.45) is 4.45. The third kappa shape index (κ3) is 3.59. The molecule has 0 atom stereocenters. The Morgan fingerprint density at radius 3 is 2.81 bits per heavy atom. The second kappa shape index (κ2) is 8.07. The Balaban J connectivity index is 1.37. The molecular weight excluding hydrogens is 404 g/mol. The van der Waals surface area contributed by atoms with E-state index in [4.69, 9.17) is 0 Å². The Hall–Kier alpha value is -3.75. The van der Waals surface area contributed by atoms with Gasteiger partial charge in [-0.3, -0.25) is 14.6 Å². The molecule has 1 aliphatic heterocycles. The van der Waals surface area contributed by atoms with Crippen LogP contribution in [0.4, 0.5) is 5.69 Å². The third-order valence-electron chi connectivity index (χ3n) is 6.08. The predicted molar refractivity (Wildman–Crippen MR) is 121 cm³/mol. The van der Waals surface area contributed by atoms with Gasteiger partial charge in [0.25, 0.3) is 5.91 Å². The number of hydrogen-bond acceptors (Lipinski definition) is 5. The normalized spacial score (nSPS) is 13.6. The quantitative estimate of drug-likeness (QED) is 0.514. The Bertz CT molecular complexity index is 1300. The van der Waals surface area contributed by atoms with Crippen molar-refractivity contribution in [3.8, 4) is 22.6 Å². The zero-order valence-electron chi connectivity index (χ0n) is 18.5. The number of H-pyrrole nitrogens is 1. The van der Waals surface area contributed by atoms with Gasteiger partial charge in [0.05, 0.1) is 11.4 Å². The Morgan fingerprint density at radius 2 is 2.00 bits per heavy atom. The van der Waals surface area contributed by atoms with Crippen molar-refractivity contribution < 1.29 is 4.79 Å². The van der Waals surface area contributed by atoms with Gasteiger partial charge < -0.3 is 9.88 Å². The van der Waals surface area contributed by atoms with E-state index in [1.54, 1.807) is 6.07 Å². The van der Waals surface area contributed by atoms with E-state index in [2.05, 4.69) is 35.4 Å². The van der Waals surface area contributed by atoms with Gasteiger partial charge >= 0.3 is 0 Å². The van der Waals surface area contributed by atoms with Crippen molar-refractivity contribution >= 4 is 11.6 Å². The zero-order chi connectivity index (χ0) is 22.2. The summed E-state index contributed by atoms with van der Waals surface area (Å²) in [6.45, 7) is 4.85. The number of nitrogens with one attached hydrogen (secondary N) is 2. The van der Waals surface area contributed by atoms with Crippen molar-refractivity contribution in [2.45, 2.75) is 46.1 Å². The molecule has 0 aliphatic carbocycles. The molecule has 0 fully saturated rings. The summed E-state index contributed by atoms with van der Waals surface area (Å²) in [4.78, 5) is 12.9. The van der Waals surface area contributed by atoms with Crippen LogP contribution < -0.4 is 5.32 Å².